The molecule has 0 bridgehead atoms. The fourth-order valence-electron chi connectivity index (χ4n) is 2.74. The summed E-state index contributed by atoms with van der Waals surface area (Å²) in [7, 11) is 0. The molecule has 0 radical (unpaired) electrons. The van der Waals surface area contributed by atoms with Crippen LogP contribution < -0.4 is 5.32 Å². The lowest BCUT2D eigenvalue weighted by Crippen LogP contribution is -2.10. The number of thiazole rings is 1. The smallest absolute Gasteiger partial charge is 0.226 e. The molecule has 0 spiro atoms. The number of nitrogens with zero attached hydrogens (tertiary/aromatic N) is 1. The van der Waals surface area contributed by atoms with Gasteiger partial charge in [0.15, 0.2) is 5.13 Å². The van der Waals surface area contributed by atoms with Crippen molar-refractivity contribution in [2.75, 3.05) is 5.32 Å². The summed E-state index contributed by atoms with van der Waals surface area (Å²) in [6, 6.07) is 10.1. The van der Waals surface area contributed by atoms with Crippen LogP contribution in [0.1, 0.15) is 63.2 Å². The predicted molar refractivity (Wildman–Crippen MR) is 104 cm³/mol. The maximum Gasteiger partial charge on any atom is 0.226 e. The fourth-order valence-corrected chi connectivity index (χ4v) is 3.59. The highest BCUT2D eigenvalue weighted by Gasteiger charge is 2.11. The molecule has 0 unspecified atom stereocenters. The molecule has 0 aliphatic rings. The summed E-state index contributed by atoms with van der Waals surface area (Å²) in [6.45, 7) is 4.28. The fraction of sp³-hybridized carbons (Fsp3) is 0.500. The Hall–Kier alpha value is -1.68. The monoisotopic (exact) mass is 344 g/mol. The summed E-state index contributed by atoms with van der Waals surface area (Å²) >= 11 is 1.55. The van der Waals surface area contributed by atoms with E-state index in [9.17, 15) is 4.79 Å². The standard InChI is InChI=1S/C20H28N2OS/c1-3-4-5-6-7-8-12-15-18(23)21-20-22-19(16(2)24-20)17-13-10-9-11-14-17/h9-11,13-14H,3-8,12,15H2,1-2H3,(H,21,22,23). The molecular weight excluding hydrogens is 316 g/mol. The Kier molecular flexibility index (Phi) is 7.96. The van der Waals surface area contributed by atoms with Crippen LogP contribution in [0.15, 0.2) is 30.3 Å². The average molecular weight is 345 g/mol. The Balaban J connectivity index is 1.75. The Morgan fingerprint density at radius 1 is 1.04 bits per heavy atom. The van der Waals surface area contributed by atoms with Gasteiger partial charge in [0.1, 0.15) is 0 Å². The third kappa shape index (κ3) is 6.08. The largest absolute Gasteiger partial charge is 0.302 e. The zero-order chi connectivity index (χ0) is 17.2. The maximum atomic E-state index is 12.1. The van der Waals surface area contributed by atoms with Crippen LogP contribution >= 0.6 is 11.3 Å². The number of nitrogens with one attached hydrogen (secondary N) is 1. The lowest BCUT2D eigenvalue weighted by molar-refractivity contribution is -0.116. The van der Waals surface area contributed by atoms with Gasteiger partial charge in [0.05, 0.1) is 5.69 Å². The van der Waals surface area contributed by atoms with E-state index < -0.39 is 0 Å². The van der Waals surface area contributed by atoms with Gasteiger partial charge in [-0.25, -0.2) is 4.98 Å². The van der Waals surface area contributed by atoms with Gasteiger partial charge in [-0.15, -0.1) is 11.3 Å². The number of amides is 1. The average Bonchev–Trinajstić information content (AvgIpc) is 2.95. The van der Waals surface area contributed by atoms with Crippen molar-refractivity contribution in [3.8, 4) is 11.3 Å². The molecular formula is C20H28N2OS. The molecule has 1 aromatic carbocycles. The normalized spacial score (nSPS) is 10.8. The van der Waals surface area contributed by atoms with Gasteiger partial charge in [0.2, 0.25) is 5.91 Å². The van der Waals surface area contributed by atoms with Crippen LogP contribution in [-0.4, -0.2) is 10.9 Å². The molecule has 24 heavy (non-hydrogen) atoms. The van der Waals surface area contributed by atoms with Crippen LogP contribution in [0.5, 0.6) is 0 Å². The molecule has 2 aromatic rings. The van der Waals surface area contributed by atoms with Crippen molar-refractivity contribution in [3.63, 3.8) is 0 Å². The minimum atomic E-state index is 0.0805. The van der Waals surface area contributed by atoms with E-state index in [1.807, 2.05) is 37.3 Å². The van der Waals surface area contributed by atoms with E-state index in [0.717, 1.165) is 29.0 Å². The number of rotatable bonds is 10. The predicted octanol–water partition coefficient (Wildman–Crippen LogP) is 6.20. The second-order valence-corrected chi connectivity index (χ2v) is 7.41. The topological polar surface area (TPSA) is 42.0 Å². The van der Waals surface area contributed by atoms with Crippen molar-refractivity contribution in [1.29, 1.82) is 0 Å². The Morgan fingerprint density at radius 3 is 2.42 bits per heavy atom. The van der Waals surface area contributed by atoms with Gasteiger partial charge < -0.3 is 5.32 Å². The molecule has 4 heteroatoms. The van der Waals surface area contributed by atoms with Gasteiger partial charge in [-0.1, -0.05) is 75.8 Å². The van der Waals surface area contributed by atoms with E-state index in [2.05, 4.69) is 17.2 Å². The zero-order valence-corrected chi connectivity index (χ0v) is 15.6. The van der Waals surface area contributed by atoms with Gasteiger partial charge in [-0.3, -0.25) is 4.79 Å². The molecule has 1 N–H and O–H groups in total. The molecule has 2 rings (SSSR count). The van der Waals surface area contributed by atoms with E-state index >= 15 is 0 Å². The summed E-state index contributed by atoms with van der Waals surface area (Å²) in [5.74, 6) is 0.0805. The van der Waals surface area contributed by atoms with Crippen LogP contribution in [-0.2, 0) is 4.79 Å². The SMILES string of the molecule is CCCCCCCCCC(=O)Nc1nc(-c2ccccc2)c(C)s1. The van der Waals surface area contributed by atoms with Crippen molar-refractivity contribution in [2.24, 2.45) is 0 Å². The zero-order valence-electron chi connectivity index (χ0n) is 14.8. The Bertz CT molecular complexity index is 622. The van der Waals surface area contributed by atoms with E-state index in [4.69, 9.17) is 0 Å². The van der Waals surface area contributed by atoms with Crippen molar-refractivity contribution in [1.82, 2.24) is 4.98 Å². The van der Waals surface area contributed by atoms with Crippen LogP contribution in [0.2, 0.25) is 0 Å². The minimum Gasteiger partial charge on any atom is -0.302 e. The quantitative estimate of drug-likeness (QED) is 0.521. The number of carbonyl (C=O) groups is 1. The second-order valence-electron chi connectivity index (χ2n) is 6.21. The highest BCUT2D eigenvalue weighted by molar-refractivity contribution is 7.16. The number of unbranched alkanes of at least 4 members (excludes halogenated alkanes) is 6. The number of benzene rings is 1. The van der Waals surface area contributed by atoms with Crippen LogP contribution in [0, 0.1) is 6.92 Å². The van der Waals surface area contributed by atoms with Crippen LogP contribution in [0.25, 0.3) is 11.3 Å². The first-order valence-electron chi connectivity index (χ1n) is 9.03. The number of hydrogen-bond donors (Lipinski definition) is 1. The van der Waals surface area contributed by atoms with Crippen molar-refractivity contribution in [3.05, 3.63) is 35.2 Å². The van der Waals surface area contributed by atoms with Crippen LogP contribution in [0.3, 0.4) is 0 Å². The molecule has 0 saturated heterocycles. The molecule has 0 atom stereocenters. The number of carbonyl (C=O) groups excluding carboxylic acids is 1. The Morgan fingerprint density at radius 2 is 1.71 bits per heavy atom. The summed E-state index contributed by atoms with van der Waals surface area (Å²) in [5.41, 5.74) is 2.06. The molecule has 0 aliphatic carbocycles. The molecule has 0 fully saturated rings. The number of anilines is 1. The third-order valence-electron chi connectivity index (χ3n) is 4.10. The van der Waals surface area contributed by atoms with Gasteiger partial charge in [-0.2, -0.15) is 0 Å². The summed E-state index contributed by atoms with van der Waals surface area (Å²) in [5, 5.41) is 3.66. The molecule has 3 nitrogen and oxygen atoms in total. The van der Waals surface area contributed by atoms with Gasteiger partial charge in [0, 0.05) is 16.9 Å². The lowest BCUT2D eigenvalue weighted by Gasteiger charge is -2.02. The molecule has 0 saturated carbocycles. The lowest BCUT2D eigenvalue weighted by atomic mass is 10.1. The first-order chi connectivity index (χ1) is 11.7. The molecule has 130 valence electrons. The van der Waals surface area contributed by atoms with Crippen molar-refractivity contribution >= 4 is 22.4 Å². The number of hydrogen-bond acceptors (Lipinski definition) is 3. The highest BCUT2D eigenvalue weighted by atomic mass is 32.1. The second kappa shape index (κ2) is 10.2. The molecule has 1 aromatic heterocycles. The summed E-state index contributed by atoms with van der Waals surface area (Å²) in [6.07, 6.45) is 9.16. The van der Waals surface area contributed by atoms with Crippen molar-refractivity contribution in [2.45, 2.75) is 65.2 Å². The van der Waals surface area contributed by atoms with E-state index in [-0.39, 0.29) is 5.91 Å². The van der Waals surface area contributed by atoms with E-state index in [0.29, 0.717) is 11.6 Å². The van der Waals surface area contributed by atoms with E-state index in [1.54, 1.807) is 11.3 Å². The summed E-state index contributed by atoms with van der Waals surface area (Å²) < 4.78 is 0. The van der Waals surface area contributed by atoms with Gasteiger partial charge in [0.25, 0.3) is 0 Å². The number of aryl methyl sites for hydroxylation is 1. The van der Waals surface area contributed by atoms with Crippen molar-refractivity contribution < 1.29 is 4.79 Å². The van der Waals surface area contributed by atoms with Crippen LogP contribution in [0.4, 0.5) is 5.13 Å². The highest BCUT2D eigenvalue weighted by Crippen LogP contribution is 2.30. The first-order valence-corrected chi connectivity index (χ1v) is 9.85. The minimum absolute atomic E-state index is 0.0805. The van der Waals surface area contributed by atoms with E-state index in [1.165, 1.54) is 32.1 Å². The van der Waals surface area contributed by atoms with Gasteiger partial charge >= 0.3 is 0 Å². The number of aromatic nitrogens is 1. The third-order valence-corrected chi connectivity index (χ3v) is 4.98. The molecule has 1 amide bonds. The maximum absolute atomic E-state index is 12.1. The summed E-state index contributed by atoms with van der Waals surface area (Å²) in [4.78, 5) is 17.8. The molecule has 0 aliphatic heterocycles. The van der Waals surface area contributed by atoms with Gasteiger partial charge in [-0.05, 0) is 13.3 Å². The Labute approximate surface area is 149 Å². The first kappa shape index (κ1) is 18.7. The molecule has 1 heterocycles.